The molecule has 4 rings (SSSR count). The van der Waals surface area contributed by atoms with Gasteiger partial charge < -0.3 is 9.64 Å². The van der Waals surface area contributed by atoms with Crippen LogP contribution in [0.1, 0.15) is 21.5 Å². The molecule has 1 atom stereocenters. The first-order chi connectivity index (χ1) is 15.9. The number of nitrogens with one attached hydrogen (secondary N) is 1. The number of nitrogens with zero attached hydrogens (tertiary/aromatic N) is 1. The lowest BCUT2D eigenvalue weighted by atomic mass is 10.00. The second kappa shape index (κ2) is 9.92. The van der Waals surface area contributed by atoms with Crippen LogP contribution in [0.2, 0.25) is 0 Å². The number of rotatable bonds is 7. The Morgan fingerprint density at radius 1 is 0.970 bits per heavy atom. The second-order valence-electron chi connectivity index (χ2n) is 7.88. The molecule has 7 heteroatoms. The predicted molar refractivity (Wildman–Crippen MR) is 129 cm³/mol. The van der Waals surface area contributed by atoms with Crippen molar-refractivity contribution in [2.75, 3.05) is 14.2 Å². The minimum Gasteiger partial charge on any atom is -0.497 e. The fourth-order valence-electron chi connectivity index (χ4n) is 3.75. The number of imide groups is 1. The van der Waals surface area contributed by atoms with Crippen LogP contribution in [0, 0.1) is 0 Å². The van der Waals surface area contributed by atoms with E-state index in [0.29, 0.717) is 24.3 Å². The van der Waals surface area contributed by atoms with Gasteiger partial charge in [0.1, 0.15) is 5.75 Å². The summed E-state index contributed by atoms with van der Waals surface area (Å²) in [5.74, 6) is 0.351. The second-order valence-corrected chi connectivity index (χ2v) is 9.05. The van der Waals surface area contributed by atoms with Gasteiger partial charge in [-0.05, 0) is 52.9 Å². The number of amides is 3. The first-order valence-electron chi connectivity index (χ1n) is 10.5. The van der Waals surface area contributed by atoms with Gasteiger partial charge in [-0.3, -0.25) is 19.7 Å². The summed E-state index contributed by atoms with van der Waals surface area (Å²) in [6.07, 6.45) is 0.514. The van der Waals surface area contributed by atoms with E-state index in [1.165, 1.54) is 0 Å². The maximum Gasteiger partial charge on any atom is 0.286 e. The zero-order chi connectivity index (χ0) is 23.4. The SMILES string of the molecule is COc1cccc(C(=O)N(C)Cc2cccc(-c3ccc(CC4SC(=O)NC4=O)cc3)c2)c1. The molecule has 0 spiro atoms. The predicted octanol–water partition coefficient (Wildman–Crippen LogP) is 4.53. The van der Waals surface area contributed by atoms with Gasteiger partial charge in [0.2, 0.25) is 5.91 Å². The molecule has 0 aromatic heterocycles. The molecule has 3 aromatic carbocycles. The van der Waals surface area contributed by atoms with Gasteiger partial charge in [0.25, 0.3) is 11.1 Å². The Hall–Kier alpha value is -3.58. The maximum absolute atomic E-state index is 12.8. The van der Waals surface area contributed by atoms with E-state index in [1.54, 1.807) is 37.3 Å². The van der Waals surface area contributed by atoms with Crippen LogP contribution in [-0.4, -0.2) is 41.4 Å². The third-order valence-corrected chi connectivity index (χ3v) is 6.47. The van der Waals surface area contributed by atoms with Crippen molar-refractivity contribution in [3.05, 3.63) is 89.5 Å². The minimum absolute atomic E-state index is 0.0732. The topological polar surface area (TPSA) is 75.7 Å². The van der Waals surface area contributed by atoms with Crippen LogP contribution in [0.5, 0.6) is 5.75 Å². The Kier molecular flexibility index (Phi) is 6.79. The standard InChI is InChI=1S/C26H24N2O4S/c1-28(25(30)21-7-4-8-22(15-21)32-2)16-18-5-3-6-20(13-18)19-11-9-17(10-12-19)14-23-24(29)27-26(31)33-23/h3-13,15,23H,14,16H2,1-2H3,(H,27,29,31). The summed E-state index contributed by atoms with van der Waals surface area (Å²) in [5.41, 5.74) is 4.69. The molecule has 0 saturated carbocycles. The van der Waals surface area contributed by atoms with Crippen molar-refractivity contribution in [3.63, 3.8) is 0 Å². The first kappa shape index (κ1) is 22.6. The van der Waals surface area contributed by atoms with E-state index >= 15 is 0 Å². The Labute approximate surface area is 196 Å². The highest BCUT2D eigenvalue weighted by Gasteiger charge is 2.31. The van der Waals surface area contributed by atoms with Crippen molar-refractivity contribution in [1.29, 1.82) is 0 Å². The fourth-order valence-corrected chi connectivity index (χ4v) is 4.61. The zero-order valence-corrected chi connectivity index (χ0v) is 19.2. The number of hydrogen-bond acceptors (Lipinski definition) is 5. The Bertz CT molecular complexity index is 1190. The summed E-state index contributed by atoms with van der Waals surface area (Å²) in [6, 6.07) is 23.2. The summed E-state index contributed by atoms with van der Waals surface area (Å²) >= 11 is 1.04. The van der Waals surface area contributed by atoms with E-state index < -0.39 is 0 Å². The van der Waals surface area contributed by atoms with Gasteiger partial charge in [0, 0.05) is 19.2 Å². The van der Waals surface area contributed by atoms with Crippen LogP contribution in [0.3, 0.4) is 0 Å². The Morgan fingerprint density at radius 3 is 2.42 bits per heavy atom. The quantitative estimate of drug-likeness (QED) is 0.561. The molecule has 6 nitrogen and oxygen atoms in total. The Balaban J connectivity index is 1.43. The molecule has 1 saturated heterocycles. The van der Waals surface area contributed by atoms with Crippen molar-refractivity contribution < 1.29 is 19.1 Å². The van der Waals surface area contributed by atoms with Crippen LogP contribution < -0.4 is 10.1 Å². The average Bonchev–Trinajstić information content (AvgIpc) is 3.15. The van der Waals surface area contributed by atoms with Crippen molar-refractivity contribution >= 4 is 28.8 Å². The molecule has 1 heterocycles. The fraction of sp³-hybridized carbons (Fsp3) is 0.192. The molecular weight excluding hydrogens is 436 g/mol. The third kappa shape index (κ3) is 5.43. The number of carbonyl (C=O) groups excluding carboxylic acids is 3. The summed E-state index contributed by atoms with van der Waals surface area (Å²) < 4.78 is 5.22. The molecule has 3 aromatic rings. The molecule has 33 heavy (non-hydrogen) atoms. The highest BCUT2D eigenvalue weighted by molar-refractivity contribution is 8.15. The van der Waals surface area contributed by atoms with Gasteiger partial charge in [-0.15, -0.1) is 0 Å². The smallest absolute Gasteiger partial charge is 0.286 e. The monoisotopic (exact) mass is 460 g/mol. The van der Waals surface area contributed by atoms with E-state index in [0.717, 1.165) is 34.0 Å². The van der Waals surface area contributed by atoms with Gasteiger partial charge in [0.15, 0.2) is 0 Å². The van der Waals surface area contributed by atoms with Gasteiger partial charge in [-0.25, -0.2) is 0 Å². The van der Waals surface area contributed by atoms with Crippen LogP contribution in [-0.2, 0) is 17.8 Å². The van der Waals surface area contributed by atoms with Crippen molar-refractivity contribution in [3.8, 4) is 16.9 Å². The molecule has 1 aliphatic heterocycles. The van der Waals surface area contributed by atoms with Gasteiger partial charge in [-0.2, -0.15) is 0 Å². The average molecular weight is 461 g/mol. The van der Waals surface area contributed by atoms with E-state index in [2.05, 4.69) is 11.4 Å². The number of methoxy groups -OCH3 is 1. The molecule has 0 radical (unpaired) electrons. The van der Waals surface area contributed by atoms with Crippen LogP contribution in [0.4, 0.5) is 4.79 Å². The lowest BCUT2D eigenvalue weighted by Gasteiger charge is -2.18. The zero-order valence-electron chi connectivity index (χ0n) is 18.4. The number of benzene rings is 3. The maximum atomic E-state index is 12.8. The van der Waals surface area contributed by atoms with Crippen LogP contribution in [0.15, 0.2) is 72.8 Å². The van der Waals surface area contributed by atoms with Crippen molar-refractivity contribution in [2.24, 2.45) is 0 Å². The lowest BCUT2D eigenvalue weighted by molar-refractivity contribution is -0.118. The van der Waals surface area contributed by atoms with Gasteiger partial charge >= 0.3 is 0 Å². The molecule has 1 fully saturated rings. The molecular formula is C26H24N2O4S. The van der Waals surface area contributed by atoms with E-state index in [9.17, 15) is 14.4 Å². The molecule has 1 N–H and O–H groups in total. The first-order valence-corrected chi connectivity index (χ1v) is 11.4. The van der Waals surface area contributed by atoms with E-state index in [1.807, 2.05) is 48.5 Å². The summed E-state index contributed by atoms with van der Waals surface area (Å²) in [7, 11) is 3.36. The van der Waals surface area contributed by atoms with Gasteiger partial charge in [-0.1, -0.05) is 60.3 Å². The van der Waals surface area contributed by atoms with Crippen LogP contribution in [0.25, 0.3) is 11.1 Å². The molecule has 1 unspecified atom stereocenters. The minimum atomic E-state index is -0.371. The highest BCUT2D eigenvalue weighted by Crippen LogP contribution is 2.26. The molecule has 0 bridgehead atoms. The number of ether oxygens (including phenoxy) is 1. The van der Waals surface area contributed by atoms with Crippen molar-refractivity contribution in [2.45, 2.75) is 18.2 Å². The number of hydrogen-bond donors (Lipinski definition) is 1. The lowest BCUT2D eigenvalue weighted by Crippen LogP contribution is -2.26. The van der Waals surface area contributed by atoms with Crippen molar-refractivity contribution in [1.82, 2.24) is 10.2 Å². The summed E-state index contributed by atoms with van der Waals surface area (Å²) in [6.45, 7) is 0.476. The van der Waals surface area contributed by atoms with E-state index in [4.69, 9.17) is 4.74 Å². The largest absolute Gasteiger partial charge is 0.497 e. The van der Waals surface area contributed by atoms with Gasteiger partial charge in [0.05, 0.1) is 12.4 Å². The molecule has 3 amide bonds. The molecule has 1 aliphatic rings. The normalized spacial score (nSPS) is 15.3. The molecule has 168 valence electrons. The third-order valence-electron chi connectivity index (χ3n) is 5.49. The number of carbonyl (C=O) groups is 3. The Morgan fingerprint density at radius 2 is 1.73 bits per heavy atom. The summed E-state index contributed by atoms with van der Waals surface area (Å²) in [5, 5.41) is 1.67. The van der Waals surface area contributed by atoms with E-state index in [-0.39, 0.29) is 22.3 Å². The molecule has 0 aliphatic carbocycles. The number of thioether (sulfide) groups is 1. The van der Waals surface area contributed by atoms with Crippen LogP contribution >= 0.6 is 11.8 Å². The summed E-state index contributed by atoms with van der Waals surface area (Å²) in [4.78, 5) is 37.6. The highest BCUT2D eigenvalue weighted by atomic mass is 32.2.